The molecule has 4 aromatic heterocycles. The van der Waals surface area contributed by atoms with Crippen molar-refractivity contribution in [1.82, 2.24) is 29.4 Å². The van der Waals surface area contributed by atoms with Crippen LogP contribution in [0.5, 0.6) is 11.6 Å². The molecule has 5 heterocycles. The molecule has 0 unspecified atom stereocenters. The summed E-state index contributed by atoms with van der Waals surface area (Å²) in [7, 11) is 1.81. The number of carbonyl (C=O) groups is 1. The number of aliphatic hydroxyl groups is 1. The van der Waals surface area contributed by atoms with Crippen molar-refractivity contribution >= 4 is 28.6 Å². The summed E-state index contributed by atoms with van der Waals surface area (Å²) in [4.78, 5) is 31.2. The topological polar surface area (TPSA) is 142 Å². The molecule has 1 fully saturated rings. The molecule has 36 heavy (non-hydrogen) atoms. The van der Waals surface area contributed by atoms with E-state index in [4.69, 9.17) is 10.00 Å². The number of halogens is 1. The third-order valence-corrected chi connectivity index (χ3v) is 5.82. The van der Waals surface area contributed by atoms with Crippen LogP contribution < -0.4 is 10.1 Å². The minimum absolute atomic E-state index is 0.0499. The summed E-state index contributed by atoms with van der Waals surface area (Å²) in [6.45, 7) is 1.61. The molecule has 11 nitrogen and oxygen atoms in total. The lowest BCUT2D eigenvalue weighted by Crippen LogP contribution is -2.29. The van der Waals surface area contributed by atoms with Gasteiger partial charge in [-0.1, -0.05) is 0 Å². The summed E-state index contributed by atoms with van der Waals surface area (Å²) < 4.78 is 21.3. The van der Waals surface area contributed by atoms with Crippen molar-refractivity contribution in [3.05, 3.63) is 59.8 Å². The first-order valence-electron chi connectivity index (χ1n) is 11.0. The average molecular weight is 488 g/mol. The second-order valence-electron chi connectivity index (χ2n) is 8.44. The number of aryl methyl sites for hydroxylation is 2. The Balaban J connectivity index is 1.40. The third-order valence-electron chi connectivity index (χ3n) is 5.82. The highest BCUT2D eigenvalue weighted by Gasteiger charge is 2.34. The third kappa shape index (κ3) is 4.39. The summed E-state index contributed by atoms with van der Waals surface area (Å²) in [6.07, 6.45) is 1.87. The number of pyridine rings is 3. The molecule has 4 aromatic rings. The van der Waals surface area contributed by atoms with E-state index in [2.05, 4.69) is 25.3 Å². The first-order valence-corrected chi connectivity index (χ1v) is 11.0. The van der Waals surface area contributed by atoms with Gasteiger partial charge in [0.2, 0.25) is 5.88 Å². The zero-order valence-electron chi connectivity index (χ0n) is 19.4. The molecule has 5 rings (SSSR count). The maximum atomic E-state index is 13.6. The lowest BCUT2D eigenvalue weighted by Gasteiger charge is -2.15. The number of alkyl halides is 1. The van der Waals surface area contributed by atoms with Crippen LogP contribution in [0.4, 0.5) is 15.9 Å². The van der Waals surface area contributed by atoms with E-state index < -0.39 is 18.2 Å². The first-order chi connectivity index (χ1) is 17.3. The minimum atomic E-state index is -1.45. The Morgan fingerprint density at radius 3 is 2.75 bits per heavy atom. The van der Waals surface area contributed by atoms with Crippen molar-refractivity contribution in [2.75, 3.05) is 18.4 Å². The molecule has 0 radical (unpaired) electrons. The molecular formula is C24H21FN8O3. The second kappa shape index (κ2) is 9.20. The molecule has 2 N–H and O–H groups in total. The Labute approximate surface area is 204 Å². The van der Waals surface area contributed by atoms with Gasteiger partial charge in [-0.05, 0) is 30.7 Å². The fraction of sp³-hybridized carbons (Fsp3) is 0.250. The Bertz CT molecular complexity index is 1490. The molecule has 0 aromatic carbocycles. The minimum Gasteiger partial charge on any atom is -0.437 e. The van der Waals surface area contributed by atoms with Gasteiger partial charge in [-0.2, -0.15) is 10.2 Å². The standard InChI is InChI=1S/C24H21FN8O3/c1-13-5-15(7-26)27-9-19(13)36-21-6-17(22-23(31-21)32(2)12-29-22)30-20-4-3-14(8-28-20)24(35)33-10-16(25)18(34)11-33/h3-6,8-9,12,16,18,34H,10-11H2,1-2H3,(H,28,30,31)/t16-,18-/m1/s1. The number of anilines is 2. The number of nitriles is 1. The van der Waals surface area contributed by atoms with Crippen molar-refractivity contribution in [3.63, 3.8) is 0 Å². The highest BCUT2D eigenvalue weighted by Crippen LogP contribution is 2.31. The molecule has 0 aliphatic carbocycles. The number of likely N-dealkylation sites (tertiary alicyclic amines) is 1. The number of β-amino-alcohol motifs (C(OH)–C–C–N with tert-alkyl or cyclic N) is 1. The largest absolute Gasteiger partial charge is 0.437 e. The number of carbonyl (C=O) groups excluding carboxylic acids is 1. The van der Waals surface area contributed by atoms with Crippen LogP contribution in [0.3, 0.4) is 0 Å². The fourth-order valence-electron chi connectivity index (χ4n) is 3.87. The predicted octanol–water partition coefficient (Wildman–Crippen LogP) is 2.63. The molecule has 0 bridgehead atoms. The van der Waals surface area contributed by atoms with E-state index in [9.17, 15) is 14.3 Å². The van der Waals surface area contributed by atoms with Crippen molar-refractivity contribution in [3.8, 4) is 17.7 Å². The molecular weight excluding hydrogens is 467 g/mol. The Morgan fingerprint density at radius 1 is 1.25 bits per heavy atom. The SMILES string of the molecule is Cc1cc(C#N)ncc1Oc1cc(Nc2ccc(C(=O)N3C[C@@H](O)[C@H](F)C3)cn2)c2ncn(C)c2n1. The number of imidazole rings is 1. The van der Waals surface area contributed by atoms with Crippen LogP contribution in [0, 0.1) is 18.3 Å². The van der Waals surface area contributed by atoms with E-state index in [-0.39, 0.29) is 30.2 Å². The highest BCUT2D eigenvalue weighted by atomic mass is 19.1. The Morgan fingerprint density at radius 2 is 2.08 bits per heavy atom. The lowest BCUT2D eigenvalue weighted by molar-refractivity contribution is 0.0764. The van der Waals surface area contributed by atoms with Gasteiger partial charge in [-0.3, -0.25) is 4.79 Å². The number of rotatable bonds is 5. The van der Waals surface area contributed by atoms with Gasteiger partial charge in [0.25, 0.3) is 5.91 Å². The number of aliphatic hydroxyl groups excluding tert-OH is 1. The predicted molar refractivity (Wildman–Crippen MR) is 127 cm³/mol. The van der Waals surface area contributed by atoms with E-state index in [0.29, 0.717) is 28.4 Å². The van der Waals surface area contributed by atoms with Gasteiger partial charge < -0.3 is 24.6 Å². The van der Waals surface area contributed by atoms with Crippen LogP contribution in [0.25, 0.3) is 11.2 Å². The number of nitrogens with zero attached hydrogens (tertiary/aromatic N) is 7. The zero-order valence-corrected chi connectivity index (χ0v) is 19.4. The molecule has 182 valence electrons. The number of ether oxygens (including phenoxy) is 1. The van der Waals surface area contributed by atoms with E-state index in [1.165, 1.54) is 17.3 Å². The van der Waals surface area contributed by atoms with Crippen LogP contribution in [0.1, 0.15) is 21.6 Å². The van der Waals surface area contributed by atoms with Gasteiger partial charge >= 0.3 is 0 Å². The van der Waals surface area contributed by atoms with Crippen LogP contribution >= 0.6 is 0 Å². The summed E-state index contributed by atoms with van der Waals surface area (Å²) in [5.41, 5.74) is 3.03. The maximum Gasteiger partial charge on any atom is 0.255 e. The van der Waals surface area contributed by atoms with Crippen LogP contribution in [-0.4, -0.2) is 65.8 Å². The fourth-order valence-corrected chi connectivity index (χ4v) is 3.87. The molecule has 2 atom stereocenters. The molecule has 1 saturated heterocycles. The van der Waals surface area contributed by atoms with E-state index in [0.717, 1.165) is 5.56 Å². The van der Waals surface area contributed by atoms with Crippen LogP contribution in [-0.2, 0) is 7.05 Å². The number of amides is 1. The Hall–Kier alpha value is -4.63. The van der Waals surface area contributed by atoms with Gasteiger partial charge in [0.15, 0.2) is 11.4 Å². The molecule has 1 amide bonds. The van der Waals surface area contributed by atoms with Crippen molar-refractivity contribution in [2.24, 2.45) is 7.05 Å². The lowest BCUT2D eigenvalue weighted by atomic mass is 10.2. The van der Waals surface area contributed by atoms with Crippen molar-refractivity contribution in [1.29, 1.82) is 5.26 Å². The van der Waals surface area contributed by atoms with Crippen molar-refractivity contribution < 1.29 is 19.0 Å². The Kier molecular flexibility index (Phi) is 5.91. The summed E-state index contributed by atoms with van der Waals surface area (Å²) in [6, 6.07) is 8.49. The summed E-state index contributed by atoms with van der Waals surface area (Å²) >= 11 is 0. The molecule has 12 heteroatoms. The van der Waals surface area contributed by atoms with Gasteiger partial charge in [-0.15, -0.1) is 0 Å². The van der Waals surface area contributed by atoms with Crippen LogP contribution in [0.15, 0.2) is 43.0 Å². The quantitative estimate of drug-likeness (QED) is 0.433. The smallest absolute Gasteiger partial charge is 0.255 e. The number of hydrogen-bond acceptors (Lipinski definition) is 9. The van der Waals surface area contributed by atoms with Gasteiger partial charge in [-0.25, -0.2) is 19.3 Å². The number of fused-ring (bicyclic) bond motifs is 1. The average Bonchev–Trinajstić information content (AvgIpc) is 3.42. The monoisotopic (exact) mass is 488 g/mol. The normalized spacial score (nSPS) is 17.2. The molecule has 0 spiro atoms. The van der Waals surface area contributed by atoms with E-state index >= 15 is 0 Å². The second-order valence-corrected chi connectivity index (χ2v) is 8.44. The summed E-state index contributed by atoms with van der Waals surface area (Å²) in [5, 5.41) is 21.8. The van der Waals surface area contributed by atoms with E-state index in [1.54, 1.807) is 42.2 Å². The molecule has 0 saturated carbocycles. The van der Waals surface area contributed by atoms with E-state index in [1.807, 2.05) is 13.0 Å². The van der Waals surface area contributed by atoms with Gasteiger partial charge in [0.05, 0.1) is 30.3 Å². The summed E-state index contributed by atoms with van der Waals surface area (Å²) in [5.74, 6) is 0.781. The van der Waals surface area contributed by atoms with Crippen molar-refractivity contribution in [2.45, 2.75) is 19.2 Å². The van der Waals surface area contributed by atoms with Crippen LogP contribution in [0.2, 0.25) is 0 Å². The number of aromatic nitrogens is 5. The number of nitrogens with one attached hydrogen (secondary N) is 1. The number of hydrogen-bond donors (Lipinski definition) is 2. The first kappa shape index (κ1) is 23.1. The zero-order chi connectivity index (χ0) is 25.4. The molecule has 1 aliphatic rings. The maximum absolute atomic E-state index is 13.6. The highest BCUT2D eigenvalue weighted by molar-refractivity contribution is 5.94. The molecule has 1 aliphatic heterocycles. The van der Waals surface area contributed by atoms with Gasteiger partial charge in [0, 0.05) is 25.9 Å². The van der Waals surface area contributed by atoms with Gasteiger partial charge in [0.1, 0.15) is 35.4 Å².